The van der Waals surface area contributed by atoms with Gasteiger partial charge in [0, 0.05) is 17.5 Å². The Morgan fingerprint density at radius 2 is 1.04 bits per heavy atom. The van der Waals surface area contributed by atoms with E-state index >= 15 is 0 Å². The number of nitrogens with zero attached hydrogens (tertiary/aromatic N) is 1. The Morgan fingerprint density at radius 1 is 0.544 bits per heavy atom. The molecule has 2 saturated carbocycles. The minimum Gasteiger partial charge on any atom is -0.494 e. The maximum absolute atomic E-state index is 14.1. The molecule has 0 radical (unpaired) electrons. The van der Waals surface area contributed by atoms with E-state index < -0.39 is 53.8 Å². The van der Waals surface area contributed by atoms with Gasteiger partial charge in [-0.2, -0.15) is 0 Å². The van der Waals surface area contributed by atoms with Crippen LogP contribution in [0.2, 0.25) is 0 Å². The normalized spacial score (nSPS) is 16.2. The van der Waals surface area contributed by atoms with E-state index in [1.54, 1.807) is 60.7 Å². The van der Waals surface area contributed by atoms with Gasteiger partial charge in [0.05, 0.1) is 66.9 Å². The number of hydrogen-bond donors (Lipinski definition) is 0. The number of rotatable bonds is 33. The van der Waals surface area contributed by atoms with Gasteiger partial charge in [-0.25, -0.2) is 24.2 Å². The first-order chi connectivity index (χ1) is 43.6. The molecule has 2 aliphatic carbocycles. The van der Waals surface area contributed by atoms with Crippen molar-refractivity contribution in [3.63, 3.8) is 0 Å². The molecule has 20 nitrogen and oxygen atoms in total. The minimum absolute atomic E-state index is 0.00513. The van der Waals surface area contributed by atoms with Gasteiger partial charge in [0.15, 0.2) is 10.8 Å². The highest BCUT2D eigenvalue weighted by molar-refractivity contribution is 7.22. The quantitative estimate of drug-likeness (QED) is 0.0122. The number of benzene rings is 4. The zero-order chi connectivity index (χ0) is 63.8. The first-order valence-electron chi connectivity index (χ1n) is 30.8. The van der Waals surface area contributed by atoms with E-state index in [0.29, 0.717) is 133 Å². The van der Waals surface area contributed by atoms with Crippen LogP contribution in [0.5, 0.6) is 23.0 Å². The number of ether oxygens (including phenoxy) is 10. The number of carbonyl (C=O) groups is 8. The van der Waals surface area contributed by atoms with Gasteiger partial charge < -0.3 is 51.8 Å². The molecule has 0 spiro atoms. The third-order valence-electron chi connectivity index (χ3n) is 15.4. The molecule has 2 aromatic heterocycles. The molecular weight excluding hydrogens is 1180 g/mol. The predicted molar refractivity (Wildman–Crippen MR) is 332 cm³/mol. The van der Waals surface area contributed by atoms with Gasteiger partial charge in [0.1, 0.15) is 59.5 Å². The Bertz CT molecular complexity index is 3460. The molecule has 90 heavy (non-hydrogen) atoms. The van der Waals surface area contributed by atoms with Gasteiger partial charge in [-0.3, -0.25) is 19.2 Å². The van der Waals surface area contributed by atoms with Crippen LogP contribution in [0.15, 0.2) is 109 Å². The highest BCUT2D eigenvalue weighted by Gasteiger charge is 2.33. The van der Waals surface area contributed by atoms with Gasteiger partial charge >= 0.3 is 47.8 Å². The van der Waals surface area contributed by atoms with Gasteiger partial charge in [0.2, 0.25) is 0 Å². The fourth-order valence-electron chi connectivity index (χ4n) is 10.5. The van der Waals surface area contributed by atoms with Gasteiger partial charge in [-0.1, -0.05) is 19.2 Å². The molecule has 6 aromatic rings. The summed E-state index contributed by atoms with van der Waals surface area (Å²) >= 11 is 1.24. The van der Waals surface area contributed by atoms with Crippen LogP contribution >= 0.6 is 11.3 Å². The van der Waals surface area contributed by atoms with Crippen LogP contribution in [0.4, 0.5) is 0 Å². The summed E-state index contributed by atoms with van der Waals surface area (Å²) in [4.78, 5) is 105. The van der Waals surface area contributed by atoms with E-state index in [1.807, 2.05) is 26.0 Å². The van der Waals surface area contributed by atoms with Crippen molar-refractivity contribution < 1.29 is 90.1 Å². The van der Waals surface area contributed by atoms with Gasteiger partial charge in [-0.15, -0.1) is 11.3 Å². The number of esters is 8. The van der Waals surface area contributed by atoms with Crippen molar-refractivity contribution in [2.75, 3.05) is 39.6 Å². The largest absolute Gasteiger partial charge is 0.494 e. The molecule has 0 N–H and O–H groups in total. The third-order valence-corrected chi connectivity index (χ3v) is 16.5. The van der Waals surface area contributed by atoms with Crippen molar-refractivity contribution in [2.24, 2.45) is 11.8 Å². The molecule has 0 amide bonds. The van der Waals surface area contributed by atoms with Crippen molar-refractivity contribution in [3.8, 4) is 33.8 Å². The van der Waals surface area contributed by atoms with E-state index in [9.17, 15) is 38.4 Å². The number of thiazole rings is 1. The summed E-state index contributed by atoms with van der Waals surface area (Å²) in [6.45, 7) is 12.1. The van der Waals surface area contributed by atoms with E-state index in [1.165, 1.54) is 11.3 Å². The minimum atomic E-state index is -0.597. The Labute approximate surface area is 526 Å². The van der Waals surface area contributed by atoms with Crippen LogP contribution in [-0.2, 0) is 57.2 Å². The Kier molecular flexibility index (Phi) is 25.5. The molecule has 2 heterocycles. The lowest BCUT2D eigenvalue weighted by Crippen LogP contribution is -2.30. The maximum atomic E-state index is 14.1. The van der Waals surface area contributed by atoms with Crippen molar-refractivity contribution in [1.29, 1.82) is 0 Å². The Balaban J connectivity index is 0.769. The zero-order valence-corrected chi connectivity index (χ0v) is 51.8. The Morgan fingerprint density at radius 3 is 1.59 bits per heavy atom. The summed E-state index contributed by atoms with van der Waals surface area (Å²) in [6, 6.07) is 22.7. The van der Waals surface area contributed by atoms with Crippen molar-refractivity contribution >= 4 is 80.3 Å². The second-order valence-electron chi connectivity index (χ2n) is 22.2. The van der Waals surface area contributed by atoms with E-state index in [4.69, 9.17) is 56.8 Å². The average molecular weight is 1260 g/mol. The molecule has 0 aliphatic heterocycles. The zero-order valence-electron chi connectivity index (χ0n) is 51.0. The van der Waals surface area contributed by atoms with Crippen molar-refractivity contribution in [3.05, 3.63) is 126 Å². The first-order valence-corrected chi connectivity index (χ1v) is 31.6. The topological polar surface area (TPSA) is 255 Å². The molecule has 21 heteroatoms. The fourth-order valence-corrected chi connectivity index (χ4v) is 11.5. The lowest BCUT2D eigenvalue weighted by atomic mass is 9.87. The first kappa shape index (κ1) is 67.1. The molecular formula is C69H77NO19S. The van der Waals surface area contributed by atoms with Crippen molar-refractivity contribution in [1.82, 2.24) is 4.98 Å². The molecule has 2 aliphatic rings. The number of hydrogen-bond acceptors (Lipinski definition) is 21. The highest BCUT2D eigenvalue weighted by atomic mass is 32.1. The fraction of sp³-hybridized carbons (Fsp3) is 0.435. The molecule has 478 valence electrons. The molecule has 0 bridgehead atoms. The average Bonchev–Trinajstić information content (AvgIpc) is 1.64. The summed E-state index contributed by atoms with van der Waals surface area (Å²) in [5.41, 5.74) is 3.65. The summed E-state index contributed by atoms with van der Waals surface area (Å²) in [5.74, 6) is -2.36. The second-order valence-corrected chi connectivity index (χ2v) is 23.2. The third kappa shape index (κ3) is 20.3. The predicted octanol–water partition coefficient (Wildman–Crippen LogP) is 13.2. The van der Waals surface area contributed by atoms with Crippen LogP contribution in [0, 0.1) is 25.7 Å². The second kappa shape index (κ2) is 34.2. The number of fused-ring (bicyclic) bond motifs is 2. The number of aromatic nitrogens is 1. The van der Waals surface area contributed by atoms with Crippen LogP contribution in [0.3, 0.4) is 0 Å². The summed E-state index contributed by atoms with van der Waals surface area (Å²) in [7, 11) is 0. The molecule has 0 atom stereocenters. The maximum Gasteiger partial charge on any atom is 0.340 e. The van der Waals surface area contributed by atoms with E-state index in [0.717, 1.165) is 67.2 Å². The molecule has 0 saturated heterocycles. The van der Waals surface area contributed by atoms with Crippen molar-refractivity contribution in [2.45, 2.75) is 142 Å². The summed E-state index contributed by atoms with van der Waals surface area (Å²) in [5, 5.41) is 1.41. The SMILES string of the molecule is C=CC(=O)OCCC(=O)OCCCCCCOc1ccc(OC(=O)C2CCC(OC(=O)c3ccc(OC(=O)C4CCC(OC(=O)c5ccc(OCCCCCCOC(=O)CCOC(=O)C=C)cc5)CC4)c4sc(-c5cc6c(C)cc(C)cc6o5)nc34)CC2)cc1. The highest BCUT2D eigenvalue weighted by Crippen LogP contribution is 2.42. The number of carbonyl (C=O) groups excluding carboxylic acids is 8. The summed E-state index contributed by atoms with van der Waals surface area (Å²) < 4.78 is 62.3. The van der Waals surface area contributed by atoms with Crippen LogP contribution in [-0.4, -0.2) is 105 Å². The van der Waals surface area contributed by atoms with Crippen LogP contribution in [0.1, 0.15) is 147 Å². The standard InChI is InChI=1S/C69H77NO19S/c1-5-59(71)83-39-33-61(73)81-37-13-9-7-11-35-79-49-21-15-46(16-22-49)66(75)85-51-23-19-48(20-24-51)68(77)89-56-32-31-54(63-64(56)90-65(70-63)58-43-55-45(4)41-44(3)42-57(55)88-58)69(78)87-52-25-17-47(18-26-52)67(76)86-53-29-27-50(28-30-53)80-36-12-8-10-14-38-82-62(74)34-40-84-60(72)6-2/h5-6,15-16,21-22,27-32,41-43,47-48,51-52H,1-2,7-14,17-20,23-26,33-40H2,3-4H3. The van der Waals surface area contributed by atoms with Gasteiger partial charge in [0.25, 0.3) is 0 Å². The van der Waals surface area contributed by atoms with Crippen LogP contribution < -0.4 is 18.9 Å². The molecule has 8 rings (SSSR count). The van der Waals surface area contributed by atoms with E-state index in [2.05, 4.69) is 19.2 Å². The molecule has 0 unspecified atom stereocenters. The van der Waals surface area contributed by atoms with Gasteiger partial charge in [-0.05, 0) is 201 Å². The molecule has 4 aromatic carbocycles. The number of unbranched alkanes of at least 4 members (excludes halogenated alkanes) is 6. The monoisotopic (exact) mass is 1260 g/mol. The number of aryl methyl sites for hydroxylation is 2. The summed E-state index contributed by atoms with van der Waals surface area (Å²) in [6.07, 6.45) is 11.2. The lowest BCUT2D eigenvalue weighted by molar-refractivity contribution is -0.149. The smallest absolute Gasteiger partial charge is 0.340 e. The lowest BCUT2D eigenvalue weighted by Gasteiger charge is -2.27. The van der Waals surface area contributed by atoms with Crippen LogP contribution in [0.25, 0.3) is 32.0 Å². The Hall–Kier alpha value is -8.85. The molecule has 2 fully saturated rings. The van der Waals surface area contributed by atoms with E-state index in [-0.39, 0.29) is 62.0 Å². The number of furan rings is 1.